The zero-order chi connectivity index (χ0) is 18.9. The van der Waals surface area contributed by atoms with Crippen LogP contribution in [-0.2, 0) is 25.5 Å². The lowest BCUT2D eigenvalue weighted by molar-refractivity contribution is -0.146. The summed E-state index contributed by atoms with van der Waals surface area (Å²) >= 11 is 0. The Labute approximate surface area is 152 Å². The van der Waals surface area contributed by atoms with E-state index in [2.05, 4.69) is 10.3 Å². The highest BCUT2D eigenvalue weighted by atomic mass is 16.5. The predicted octanol–water partition coefficient (Wildman–Crippen LogP) is 1.68. The number of ether oxygens (including phenoxy) is 3. The van der Waals surface area contributed by atoms with Crippen LogP contribution in [0.1, 0.15) is 17.2 Å². The standard InChI is InChI=1S/C19H22N2O5/c1-24-16(13-8-5-4-6-9-13)17(22)21-15(19(23)26-3)12-14-10-7-11-20-18(14)25-2/h4-11,15-16H,12H2,1-3H3,(H,21,22)/t15-,16-/m1/s1. The van der Waals surface area contributed by atoms with Gasteiger partial charge in [-0.1, -0.05) is 36.4 Å². The van der Waals surface area contributed by atoms with Crippen LogP contribution in [0.4, 0.5) is 0 Å². The first-order chi connectivity index (χ1) is 12.6. The molecule has 1 aromatic carbocycles. The molecule has 2 aromatic rings. The third-order valence-corrected chi connectivity index (χ3v) is 3.85. The van der Waals surface area contributed by atoms with Crippen LogP contribution in [0, 0.1) is 0 Å². The van der Waals surface area contributed by atoms with E-state index >= 15 is 0 Å². The lowest BCUT2D eigenvalue weighted by atomic mass is 10.1. The summed E-state index contributed by atoms with van der Waals surface area (Å²) in [4.78, 5) is 28.9. The molecule has 1 amide bonds. The molecular formula is C19H22N2O5. The van der Waals surface area contributed by atoms with Crippen molar-refractivity contribution in [2.24, 2.45) is 0 Å². The van der Waals surface area contributed by atoms with Crippen LogP contribution in [0.3, 0.4) is 0 Å². The van der Waals surface area contributed by atoms with E-state index in [0.717, 1.165) is 0 Å². The minimum atomic E-state index is -0.896. The monoisotopic (exact) mass is 358 g/mol. The van der Waals surface area contributed by atoms with Gasteiger partial charge in [0.15, 0.2) is 6.10 Å². The van der Waals surface area contributed by atoms with Crippen molar-refractivity contribution in [1.82, 2.24) is 10.3 Å². The number of hydrogen-bond donors (Lipinski definition) is 1. The van der Waals surface area contributed by atoms with Crippen LogP contribution >= 0.6 is 0 Å². The highest BCUT2D eigenvalue weighted by Gasteiger charge is 2.28. The summed E-state index contributed by atoms with van der Waals surface area (Å²) in [6, 6.07) is 11.7. The van der Waals surface area contributed by atoms with Gasteiger partial charge in [0, 0.05) is 25.3 Å². The number of pyridine rings is 1. The number of rotatable bonds is 8. The zero-order valence-electron chi connectivity index (χ0n) is 15.0. The Balaban J connectivity index is 2.19. The number of benzene rings is 1. The largest absolute Gasteiger partial charge is 0.481 e. The molecule has 1 N–H and O–H groups in total. The van der Waals surface area contributed by atoms with E-state index in [1.807, 2.05) is 18.2 Å². The summed E-state index contributed by atoms with van der Waals surface area (Å²) in [5, 5.41) is 2.70. The number of aromatic nitrogens is 1. The average molecular weight is 358 g/mol. The number of amides is 1. The van der Waals surface area contributed by atoms with Crippen molar-refractivity contribution in [1.29, 1.82) is 0 Å². The van der Waals surface area contributed by atoms with Gasteiger partial charge in [0.1, 0.15) is 6.04 Å². The summed E-state index contributed by atoms with van der Waals surface area (Å²) in [6.45, 7) is 0. The molecule has 26 heavy (non-hydrogen) atoms. The van der Waals surface area contributed by atoms with E-state index in [1.54, 1.807) is 30.5 Å². The Morgan fingerprint density at radius 2 is 1.81 bits per heavy atom. The molecule has 1 heterocycles. The normalized spacial score (nSPS) is 12.7. The summed E-state index contributed by atoms with van der Waals surface area (Å²) < 4.78 is 15.3. The van der Waals surface area contributed by atoms with E-state index in [9.17, 15) is 9.59 Å². The highest BCUT2D eigenvalue weighted by molar-refractivity contribution is 5.88. The zero-order valence-corrected chi connectivity index (χ0v) is 15.0. The number of esters is 1. The third kappa shape index (κ3) is 4.80. The smallest absolute Gasteiger partial charge is 0.328 e. The average Bonchev–Trinajstić information content (AvgIpc) is 2.68. The van der Waals surface area contributed by atoms with Crippen LogP contribution in [0.2, 0.25) is 0 Å². The van der Waals surface area contributed by atoms with Crippen LogP contribution in [0.5, 0.6) is 5.88 Å². The van der Waals surface area contributed by atoms with E-state index in [1.165, 1.54) is 21.3 Å². The van der Waals surface area contributed by atoms with Gasteiger partial charge in [-0.15, -0.1) is 0 Å². The van der Waals surface area contributed by atoms with Crippen LogP contribution in [-0.4, -0.2) is 44.2 Å². The van der Waals surface area contributed by atoms with Crippen molar-refractivity contribution in [2.45, 2.75) is 18.6 Å². The van der Waals surface area contributed by atoms with Crippen LogP contribution in [0.25, 0.3) is 0 Å². The molecule has 2 atom stereocenters. The minimum absolute atomic E-state index is 0.181. The second kappa shape index (κ2) is 9.53. The molecular weight excluding hydrogens is 336 g/mol. The number of nitrogens with zero attached hydrogens (tertiary/aromatic N) is 1. The van der Waals surface area contributed by atoms with Gasteiger partial charge in [-0.25, -0.2) is 9.78 Å². The van der Waals surface area contributed by atoms with Gasteiger partial charge in [-0.05, 0) is 11.6 Å². The van der Waals surface area contributed by atoms with Gasteiger partial charge in [0.2, 0.25) is 5.88 Å². The molecule has 0 aliphatic rings. The summed E-state index contributed by atoms with van der Waals surface area (Å²) in [7, 11) is 4.20. The van der Waals surface area contributed by atoms with Crippen molar-refractivity contribution < 1.29 is 23.8 Å². The summed E-state index contributed by atoms with van der Waals surface area (Å²) in [5.74, 6) is -0.605. The van der Waals surface area contributed by atoms with E-state index in [0.29, 0.717) is 17.0 Å². The van der Waals surface area contributed by atoms with Gasteiger partial charge < -0.3 is 19.5 Å². The predicted molar refractivity (Wildman–Crippen MR) is 94.6 cm³/mol. The molecule has 7 heteroatoms. The Bertz CT molecular complexity index is 736. The Kier molecular flexibility index (Phi) is 7.11. The van der Waals surface area contributed by atoms with Gasteiger partial charge in [-0.3, -0.25) is 4.79 Å². The highest BCUT2D eigenvalue weighted by Crippen LogP contribution is 2.19. The number of hydrogen-bond acceptors (Lipinski definition) is 6. The molecule has 2 rings (SSSR count). The molecule has 0 bridgehead atoms. The topological polar surface area (TPSA) is 86.8 Å². The first-order valence-electron chi connectivity index (χ1n) is 8.04. The second-order valence-corrected chi connectivity index (χ2v) is 5.49. The minimum Gasteiger partial charge on any atom is -0.481 e. The lowest BCUT2D eigenvalue weighted by Crippen LogP contribution is -2.45. The SMILES string of the molecule is COC(=O)[C@@H](Cc1cccnc1OC)NC(=O)[C@H](OC)c1ccccc1. The number of carbonyl (C=O) groups excluding carboxylic acids is 2. The van der Waals surface area contributed by atoms with Crippen molar-refractivity contribution in [2.75, 3.05) is 21.3 Å². The maximum Gasteiger partial charge on any atom is 0.328 e. The maximum absolute atomic E-state index is 12.7. The quantitative estimate of drug-likeness (QED) is 0.723. The number of methoxy groups -OCH3 is 3. The first-order valence-corrected chi connectivity index (χ1v) is 8.04. The van der Waals surface area contributed by atoms with Crippen LogP contribution < -0.4 is 10.1 Å². The van der Waals surface area contributed by atoms with Crippen molar-refractivity contribution in [3.63, 3.8) is 0 Å². The molecule has 0 saturated carbocycles. The fourth-order valence-corrected chi connectivity index (χ4v) is 2.59. The molecule has 0 saturated heterocycles. The molecule has 0 fully saturated rings. The number of carbonyl (C=O) groups is 2. The van der Waals surface area contributed by atoms with Gasteiger partial charge >= 0.3 is 5.97 Å². The fourth-order valence-electron chi connectivity index (χ4n) is 2.59. The van der Waals surface area contributed by atoms with E-state index < -0.39 is 24.0 Å². The first kappa shape index (κ1) is 19.4. The fraction of sp³-hybridized carbons (Fsp3) is 0.316. The Morgan fingerprint density at radius 3 is 2.42 bits per heavy atom. The van der Waals surface area contributed by atoms with Crippen molar-refractivity contribution >= 4 is 11.9 Å². The number of nitrogens with one attached hydrogen (secondary N) is 1. The molecule has 0 spiro atoms. The molecule has 1 aromatic heterocycles. The van der Waals surface area contributed by atoms with E-state index in [-0.39, 0.29) is 6.42 Å². The molecule has 7 nitrogen and oxygen atoms in total. The Hall–Kier alpha value is -2.93. The van der Waals surface area contributed by atoms with Gasteiger partial charge in [-0.2, -0.15) is 0 Å². The second-order valence-electron chi connectivity index (χ2n) is 5.49. The van der Waals surface area contributed by atoms with E-state index in [4.69, 9.17) is 14.2 Å². The summed E-state index contributed by atoms with van der Waals surface area (Å²) in [5.41, 5.74) is 1.37. The van der Waals surface area contributed by atoms with Crippen molar-refractivity contribution in [3.8, 4) is 5.88 Å². The van der Waals surface area contributed by atoms with Crippen molar-refractivity contribution in [3.05, 3.63) is 59.8 Å². The third-order valence-electron chi connectivity index (χ3n) is 3.85. The summed E-state index contributed by atoms with van der Waals surface area (Å²) in [6.07, 6.45) is 0.935. The lowest BCUT2D eigenvalue weighted by Gasteiger charge is -2.21. The van der Waals surface area contributed by atoms with Gasteiger partial charge in [0.05, 0.1) is 14.2 Å². The maximum atomic E-state index is 12.7. The molecule has 0 radical (unpaired) electrons. The molecule has 0 aliphatic heterocycles. The van der Waals surface area contributed by atoms with Gasteiger partial charge in [0.25, 0.3) is 5.91 Å². The molecule has 0 aliphatic carbocycles. The molecule has 0 unspecified atom stereocenters. The van der Waals surface area contributed by atoms with Crippen LogP contribution in [0.15, 0.2) is 48.7 Å². The Morgan fingerprint density at radius 1 is 1.08 bits per heavy atom. The molecule has 138 valence electrons.